The van der Waals surface area contributed by atoms with E-state index in [0.717, 1.165) is 54.4 Å². The van der Waals surface area contributed by atoms with Crippen LogP contribution in [0.4, 0.5) is 8.78 Å². The quantitative estimate of drug-likeness (QED) is 0.444. The van der Waals surface area contributed by atoms with E-state index in [1.807, 2.05) is 12.1 Å². The van der Waals surface area contributed by atoms with Gasteiger partial charge in [-0.25, -0.2) is 13.8 Å². The summed E-state index contributed by atoms with van der Waals surface area (Å²) in [6.07, 6.45) is 9.07. The normalized spacial score (nSPS) is 20.5. The zero-order valence-corrected chi connectivity index (χ0v) is 19.8. The predicted molar refractivity (Wildman–Crippen MR) is 131 cm³/mol. The van der Waals surface area contributed by atoms with E-state index in [0.29, 0.717) is 18.8 Å². The van der Waals surface area contributed by atoms with Gasteiger partial charge in [-0.05, 0) is 68.0 Å². The number of hydrogen-bond acceptors (Lipinski definition) is 6. The second-order valence-electron chi connectivity index (χ2n) is 8.70. The average Bonchev–Trinajstić information content (AvgIpc) is 2.88. The van der Waals surface area contributed by atoms with Gasteiger partial charge in [0, 0.05) is 37.0 Å². The fourth-order valence-electron chi connectivity index (χ4n) is 4.54. The maximum Gasteiger partial charge on any atom is 0.213 e. The van der Waals surface area contributed by atoms with Crippen LogP contribution in [-0.4, -0.2) is 53.6 Å². The lowest BCUT2D eigenvalue weighted by atomic mass is 9.93. The summed E-state index contributed by atoms with van der Waals surface area (Å²) < 4.78 is 38.7. The highest BCUT2D eigenvalue weighted by Gasteiger charge is 2.30. The number of fused-ring (bicyclic) bond motifs is 1. The molecule has 0 spiro atoms. The molecule has 1 aliphatic rings. The Bertz CT molecular complexity index is 1160. The third-order valence-electron chi connectivity index (χ3n) is 6.37. The highest BCUT2D eigenvalue weighted by Crippen LogP contribution is 2.26. The third-order valence-corrected chi connectivity index (χ3v) is 6.37. The minimum Gasteiger partial charge on any atom is -0.481 e. The molecule has 3 atom stereocenters. The Morgan fingerprint density at radius 1 is 1.17 bits per heavy atom. The Hall–Kier alpha value is -2.94. The van der Waals surface area contributed by atoms with Crippen molar-refractivity contribution in [3.63, 3.8) is 0 Å². The monoisotopic (exact) mass is 483 g/mol. The number of ether oxygens (including phenoxy) is 2. The van der Waals surface area contributed by atoms with Crippen LogP contribution in [0.25, 0.3) is 17.1 Å². The molecule has 3 heterocycles. The average molecular weight is 484 g/mol. The van der Waals surface area contributed by atoms with Gasteiger partial charge in [0.1, 0.15) is 11.6 Å². The number of rotatable bonds is 10. The summed E-state index contributed by atoms with van der Waals surface area (Å²) in [5.74, 6) is -0.365. The van der Waals surface area contributed by atoms with Crippen molar-refractivity contribution in [2.24, 2.45) is 0 Å². The van der Waals surface area contributed by atoms with Gasteiger partial charge in [-0.2, -0.15) is 0 Å². The van der Waals surface area contributed by atoms with Crippen molar-refractivity contribution in [1.82, 2.24) is 15.3 Å². The van der Waals surface area contributed by atoms with Gasteiger partial charge < -0.3 is 19.9 Å². The molecule has 6 nitrogen and oxygen atoms in total. The van der Waals surface area contributed by atoms with Gasteiger partial charge in [0.2, 0.25) is 5.88 Å². The topological polar surface area (TPSA) is 76.5 Å². The summed E-state index contributed by atoms with van der Waals surface area (Å²) in [5, 5.41) is 13.0. The second-order valence-corrected chi connectivity index (χ2v) is 8.70. The second kappa shape index (κ2) is 12.2. The molecule has 1 fully saturated rings. The van der Waals surface area contributed by atoms with Crippen molar-refractivity contribution in [2.45, 2.75) is 50.4 Å². The van der Waals surface area contributed by atoms with Crippen molar-refractivity contribution >= 4 is 17.1 Å². The number of benzene rings is 1. The molecular weight excluding hydrogens is 452 g/mol. The van der Waals surface area contributed by atoms with Crippen LogP contribution < -0.4 is 10.1 Å². The fraction of sp³-hybridized carbons (Fsp3) is 0.407. The molecule has 1 aliphatic heterocycles. The maximum absolute atomic E-state index is 13.8. The number of aliphatic hydroxyl groups is 1. The number of halogens is 2. The Labute approximate surface area is 204 Å². The largest absolute Gasteiger partial charge is 0.481 e. The molecule has 4 rings (SSSR count). The van der Waals surface area contributed by atoms with E-state index in [-0.39, 0.29) is 30.4 Å². The predicted octanol–water partition coefficient (Wildman–Crippen LogP) is 4.45. The lowest BCUT2D eigenvalue weighted by Gasteiger charge is -2.37. The summed E-state index contributed by atoms with van der Waals surface area (Å²) in [6, 6.07) is 9.17. The molecule has 8 heteroatoms. The zero-order valence-electron chi connectivity index (χ0n) is 19.8. The molecule has 0 saturated carbocycles. The zero-order chi connectivity index (χ0) is 24.6. The number of aryl methyl sites for hydroxylation is 1. The number of nitrogens with zero attached hydrogens (tertiary/aromatic N) is 2. The Morgan fingerprint density at radius 2 is 2.06 bits per heavy atom. The molecule has 3 aromatic rings. The fourth-order valence-corrected chi connectivity index (χ4v) is 4.54. The van der Waals surface area contributed by atoms with Crippen LogP contribution in [-0.2, 0) is 11.2 Å². The summed E-state index contributed by atoms with van der Waals surface area (Å²) in [6.45, 7) is 0.533. The van der Waals surface area contributed by atoms with E-state index in [1.165, 1.54) is 6.07 Å². The van der Waals surface area contributed by atoms with Crippen molar-refractivity contribution in [3.05, 3.63) is 71.4 Å². The van der Waals surface area contributed by atoms with Gasteiger partial charge >= 0.3 is 0 Å². The van der Waals surface area contributed by atoms with Crippen LogP contribution in [0.5, 0.6) is 5.88 Å². The molecule has 0 amide bonds. The van der Waals surface area contributed by atoms with E-state index in [9.17, 15) is 13.9 Å². The van der Waals surface area contributed by atoms with Gasteiger partial charge in [0.05, 0.1) is 30.4 Å². The Morgan fingerprint density at radius 3 is 2.89 bits per heavy atom. The molecule has 1 saturated heterocycles. The molecule has 2 N–H and O–H groups in total. The van der Waals surface area contributed by atoms with Gasteiger partial charge in [-0.15, -0.1) is 0 Å². The first kappa shape index (κ1) is 25.2. The van der Waals surface area contributed by atoms with Crippen molar-refractivity contribution in [1.29, 1.82) is 0 Å². The van der Waals surface area contributed by atoms with Crippen LogP contribution in [0.3, 0.4) is 0 Å². The smallest absolute Gasteiger partial charge is 0.213 e. The molecule has 0 unspecified atom stereocenters. The minimum absolute atomic E-state index is 0.0403. The molecule has 35 heavy (non-hydrogen) atoms. The molecule has 2 aromatic heterocycles. The molecule has 186 valence electrons. The van der Waals surface area contributed by atoms with Crippen molar-refractivity contribution in [3.8, 4) is 5.88 Å². The highest BCUT2D eigenvalue weighted by molar-refractivity contribution is 5.78. The number of aromatic nitrogens is 2. The number of aliphatic hydroxyl groups excluding tert-OH is 1. The van der Waals surface area contributed by atoms with Gasteiger partial charge in [0.15, 0.2) is 0 Å². The van der Waals surface area contributed by atoms with Gasteiger partial charge in [-0.3, -0.25) is 4.98 Å². The van der Waals surface area contributed by atoms with Crippen molar-refractivity contribution in [2.75, 3.05) is 20.3 Å². The number of pyridine rings is 2. The molecule has 0 bridgehead atoms. The molecule has 1 aromatic carbocycles. The number of nitrogens with one attached hydrogen (secondary N) is 1. The third kappa shape index (κ3) is 6.60. The minimum atomic E-state index is -0.469. The lowest BCUT2D eigenvalue weighted by molar-refractivity contribution is -0.0784. The van der Waals surface area contributed by atoms with Crippen LogP contribution in [0.2, 0.25) is 0 Å². The van der Waals surface area contributed by atoms with Gasteiger partial charge in [0.25, 0.3) is 0 Å². The summed E-state index contributed by atoms with van der Waals surface area (Å²) in [4.78, 5) is 8.96. The standard InChI is InChI=1S/C27H31F2N3O3/c1-34-26-11-10-24-27(32-26)18(12-15-31-24)4-6-21-7-9-23(25(35-21)13-16-33)30-14-2-3-19-17-20(28)5-8-22(19)29/h2-3,5,8,10-12,15,17,21,23,25,30,33H,4,6-7,9,13-14,16H2,1H3/b3-2+/t21-,23-,25-/m1/s1. The number of methoxy groups -OCH3 is 1. The number of hydrogen-bond donors (Lipinski definition) is 2. The first-order valence-corrected chi connectivity index (χ1v) is 12.0. The maximum atomic E-state index is 13.8. The van der Waals surface area contributed by atoms with Crippen LogP contribution in [0.1, 0.15) is 36.8 Å². The molecular formula is C27H31F2N3O3. The highest BCUT2D eigenvalue weighted by atomic mass is 19.1. The van der Waals surface area contributed by atoms with E-state index in [4.69, 9.17) is 9.47 Å². The van der Waals surface area contributed by atoms with Crippen LogP contribution >= 0.6 is 0 Å². The van der Waals surface area contributed by atoms with E-state index in [2.05, 4.69) is 15.3 Å². The first-order valence-electron chi connectivity index (χ1n) is 12.0. The van der Waals surface area contributed by atoms with E-state index < -0.39 is 11.6 Å². The first-order chi connectivity index (χ1) is 17.1. The Kier molecular flexibility index (Phi) is 8.74. The van der Waals surface area contributed by atoms with E-state index in [1.54, 1.807) is 31.5 Å². The summed E-state index contributed by atoms with van der Waals surface area (Å²) >= 11 is 0. The molecule has 0 radical (unpaired) electrons. The van der Waals surface area contributed by atoms with Crippen molar-refractivity contribution < 1.29 is 23.4 Å². The molecule has 0 aliphatic carbocycles. The van der Waals surface area contributed by atoms with E-state index >= 15 is 0 Å². The van der Waals surface area contributed by atoms with Gasteiger partial charge in [-0.1, -0.05) is 12.2 Å². The summed E-state index contributed by atoms with van der Waals surface area (Å²) in [5.41, 5.74) is 3.00. The van der Waals surface area contributed by atoms with Crippen LogP contribution in [0, 0.1) is 11.6 Å². The Balaban J connectivity index is 1.32. The van der Waals surface area contributed by atoms with Crippen LogP contribution in [0.15, 0.2) is 48.7 Å². The SMILES string of the molecule is COc1ccc2nccc(CC[C@@H]3CC[C@@H](NC/C=C/c4cc(F)ccc4F)[C@@H](CCO)O3)c2n1. The lowest BCUT2D eigenvalue weighted by Crippen LogP contribution is -2.47. The summed E-state index contributed by atoms with van der Waals surface area (Å²) in [7, 11) is 1.60.